The molecule has 1 aromatic carbocycles. The van der Waals surface area contributed by atoms with Crippen molar-refractivity contribution in [2.24, 2.45) is 0 Å². The second kappa shape index (κ2) is 7.36. The molecule has 0 saturated carbocycles. The highest BCUT2D eigenvalue weighted by molar-refractivity contribution is 5.91. The van der Waals surface area contributed by atoms with Gasteiger partial charge in [-0.3, -0.25) is 9.78 Å². The van der Waals surface area contributed by atoms with Gasteiger partial charge in [0.2, 0.25) is 0 Å². The lowest BCUT2D eigenvalue weighted by atomic mass is 10.2. The predicted octanol–water partition coefficient (Wildman–Crippen LogP) is 2.50. The number of anilines is 1. The summed E-state index contributed by atoms with van der Waals surface area (Å²) in [6.07, 6.45) is 3.60. The van der Waals surface area contributed by atoms with Gasteiger partial charge in [-0.25, -0.2) is 4.68 Å². The first-order chi connectivity index (χ1) is 13.1. The Kier molecular flexibility index (Phi) is 4.77. The van der Waals surface area contributed by atoms with Crippen molar-refractivity contribution >= 4 is 22.7 Å². The van der Waals surface area contributed by atoms with Gasteiger partial charge in [0.1, 0.15) is 6.61 Å². The molecule has 2 aromatic heterocycles. The monoisotopic (exact) mass is 366 g/mol. The first-order valence-corrected chi connectivity index (χ1v) is 9.01. The number of carbonyl (C=O) groups is 1. The number of benzene rings is 1. The van der Waals surface area contributed by atoms with E-state index < -0.39 is 0 Å². The second-order valence-electron chi connectivity index (χ2n) is 6.69. The van der Waals surface area contributed by atoms with Crippen LogP contribution in [0.15, 0.2) is 42.7 Å². The molecule has 4 rings (SSSR count). The van der Waals surface area contributed by atoms with Gasteiger partial charge >= 0.3 is 5.97 Å². The molecule has 3 heterocycles. The van der Waals surface area contributed by atoms with Crippen molar-refractivity contribution in [1.29, 1.82) is 0 Å². The van der Waals surface area contributed by atoms with Crippen LogP contribution in [0.4, 0.5) is 5.82 Å². The summed E-state index contributed by atoms with van der Waals surface area (Å²) in [6, 6.07) is 10.1. The Morgan fingerprint density at radius 1 is 1.30 bits per heavy atom. The van der Waals surface area contributed by atoms with Crippen molar-refractivity contribution < 1.29 is 14.3 Å². The number of rotatable bonds is 4. The minimum atomic E-state index is -0.292. The number of aromatic nitrogens is 3. The van der Waals surface area contributed by atoms with Crippen LogP contribution in [-0.2, 0) is 14.3 Å². The van der Waals surface area contributed by atoms with E-state index in [0.29, 0.717) is 19.8 Å². The Balaban J connectivity index is 1.76. The average Bonchev–Trinajstić information content (AvgIpc) is 3.07. The fraction of sp³-hybridized carbons (Fsp3) is 0.350. The lowest BCUT2D eigenvalue weighted by Crippen LogP contribution is -2.48. The van der Waals surface area contributed by atoms with Gasteiger partial charge in [-0.05, 0) is 25.1 Å². The Morgan fingerprint density at radius 2 is 2.11 bits per heavy atom. The fourth-order valence-corrected chi connectivity index (χ4v) is 3.33. The van der Waals surface area contributed by atoms with Crippen LogP contribution < -0.4 is 4.90 Å². The van der Waals surface area contributed by atoms with Crippen LogP contribution in [0.5, 0.6) is 0 Å². The quantitative estimate of drug-likeness (QED) is 0.661. The van der Waals surface area contributed by atoms with Crippen LogP contribution in [0.25, 0.3) is 16.6 Å². The molecule has 1 aliphatic heterocycles. The van der Waals surface area contributed by atoms with E-state index in [-0.39, 0.29) is 18.6 Å². The van der Waals surface area contributed by atoms with Gasteiger partial charge in [0, 0.05) is 25.1 Å². The van der Waals surface area contributed by atoms with E-state index >= 15 is 0 Å². The number of nitrogens with zero attached hydrogens (tertiary/aromatic N) is 4. The molecule has 0 radical (unpaired) electrons. The molecular formula is C20H22N4O3. The molecule has 7 heteroatoms. The number of fused-ring (bicyclic) bond motifs is 1. The van der Waals surface area contributed by atoms with Crippen molar-refractivity contribution in [2.45, 2.75) is 19.9 Å². The Hall–Kier alpha value is -2.93. The second-order valence-corrected chi connectivity index (χ2v) is 6.69. The summed E-state index contributed by atoms with van der Waals surface area (Å²) in [5.74, 6) is 0.563. The number of ether oxygens (including phenoxy) is 2. The third-order valence-electron chi connectivity index (χ3n) is 4.72. The third kappa shape index (κ3) is 3.50. The number of aryl methyl sites for hydroxylation is 1. The maximum Gasteiger partial charge on any atom is 0.302 e. The maximum absolute atomic E-state index is 11.2. The van der Waals surface area contributed by atoms with Gasteiger partial charge in [0.05, 0.1) is 36.7 Å². The van der Waals surface area contributed by atoms with Crippen molar-refractivity contribution in [1.82, 2.24) is 14.8 Å². The highest BCUT2D eigenvalue weighted by Crippen LogP contribution is 2.30. The number of morpholine rings is 1. The zero-order valence-electron chi connectivity index (χ0n) is 15.5. The zero-order valence-corrected chi connectivity index (χ0v) is 15.5. The van der Waals surface area contributed by atoms with E-state index in [1.54, 1.807) is 6.20 Å². The Labute approximate surface area is 157 Å². The van der Waals surface area contributed by atoms with Crippen LogP contribution in [0.3, 0.4) is 0 Å². The topological polar surface area (TPSA) is 69.5 Å². The van der Waals surface area contributed by atoms with Crippen LogP contribution in [0.1, 0.15) is 12.5 Å². The molecule has 1 saturated heterocycles. The van der Waals surface area contributed by atoms with Crippen molar-refractivity contribution in [3.63, 3.8) is 0 Å². The molecule has 0 N–H and O–H groups in total. The van der Waals surface area contributed by atoms with E-state index in [9.17, 15) is 4.79 Å². The molecule has 1 atom stereocenters. The van der Waals surface area contributed by atoms with E-state index in [1.807, 2.05) is 29.1 Å². The fourth-order valence-electron chi connectivity index (χ4n) is 3.33. The zero-order chi connectivity index (χ0) is 18.8. The van der Waals surface area contributed by atoms with Gasteiger partial charge in [-0.15, -0.1) is 5.10 Å². The summed E-state index contributed by atoms with van der Waals surface area (Å²) < 4.78 is 12.8. The molecule has 3 aromatic rings. The van der Waals surface area contributed by atoms with Gasteiger partial charge in [0.15, 0.2) is 5.82 Å². The summed E-state index contributed by atoms with van der Waals surface area (Å²) in [4.78, 5) is 17.7. The van der Waals surface area contributed by atoms with Crippen LogP contribution in [0, 0.1) is 6.92 Å². The highest BCUT2D eigenvalue weighted by Gasteiger charge is 2.28. The smallest absolute Gasteiger partial charge is 0.302 e. The molecule has 1 fully saturated rings. The number of pyridine rings is 1. The molecule has 0 aliphatic carbocycles. The van der Waals surface area contributed by atoms with Crippen LogP contribution in [-0.4, -0.2) is 53.1 Å². The van der Waals surface area contributed by atoms with E-state index in [0.717, 1.165) is 22.4 Å². The predicted molar refractivity (Wildman–Crippen MR) is 102 cm³/mol. The summed E-state index contributed by atoms with van der Waals surface area (Å²) in [7, 11) is 0. The molecule has 0 amide bonds. The molecule has 0 bridgehead atoms. The van der Waals surface area contributed by atoms with E-state index in [4.69, 9.17) is 14.6 Å². The van der Waals surface area contributed by atoms with Gasteiger partial charge in [0.25, 0.3) is 0 Å². The largest absolute Gasteiger partial charge is 0.464 e. The molecule has 0 spiro atoms. The molecule has 27 heavy (non-hydrogen) atoms. The van der Waals surface area contributed by atoms with Gasteiger partial charge in [-0.1, -0.05) is 17.7 Å². The Bertz CT molecular complexity index is 952. The third-order valence-corrected chi connectivity index (χ3v) is 4.72. The lowest BCUT2D eigenvalue weighted by Gasteiger charge is -2.35. The number of esters is 1. The van der Waals surface area contributed by atoms with E-state index in [2.05, 4.69) is 28.9 Å². The van der Waals surface area contributed by atoms with Crippen molar-refractivity contribution in [3.8, 4) is 5.69 Å². The Morgan fingerprint density at radius 3 is 2.89 bits per heavy atom. The maximum atomic E-state index is 11.2. The molecule has 140 valence electrons. The normalized spacial score (nSPS) is 17.3. The molecule has 1 unspecified atom stereocenters. The summed E-state index contributed by atoms with van der Waals surface area (Å²) in [6.45, 7) is 5.55. The number of hydrogen-bond acceptors (Lipinski definition) is 6. The summed E-state index contributed by atoms with van der Waals surface area (Å²) in [5.41, 5.74) is 3.12. The summed E-state index contributed by atoms with van der Waals surface area (Å²) >= 11 is 0. The van der Waals surface area contributed by atoms with Crippen LogP contribution >= 0.6 is 0 Å². The van der Waals surface area contributed by atoms with Crippen molar-refractivity contribution in [2.75, 3.05) is 31.3 Å². The standard InChI is InChI=1S/C20H22N4O3/c1-14-3-5-16(6-4-14)24-19-11-21-8-7-18(19)20(22-24)23-9-10-26-12-17(23)13-27-15(2)25/h3-8,11,17H,9-10,12-13H2,1-2H3. The lowest BCUT2D eigenvalue weighted by molar-refractivity contribution is -0.142. The van der Waals surface area contributed by atoms with E-state index in [1.165, 1.54) is 12.5 Å². The first-order valence-electron chi connectivity index (χ1n) is 9.01. The first kappa shape index (κ1) is 17.5. The van der Waals surface area contributed by atoms with Gasteiger partial charge < -0.3 is 14.4 Å². The minimum absolute atomic E-state index is 0.0691. The average molecular weight is 366 g/mol. The molecule has 7 nitrogen and oxygen atoms in total. The minimum Gasteiger partial charge on any atom is -0.464 e. The molecular weight excluding hydrogens is 344 g/mol. The van der Waals surface area contributed by atoms with Crippen LogP contribution in [0.2, 0.25) is 0 Å². The SMILES string of the molecule is CC(=O)OCC1COCCN1c1nn(-c2ccc(C)cc2)c2cnccc12. The number of hydrogen-bond donors (Lipinski definition) is 0. The van der Waals surface area contributed by atoms with Gasteiger partial charge in [-0.2, -0.15) is 0 Å². The molecule has 1 aliphatic rings. The summed E-state index contributed by atoms with van der Waals surface area (Å²) in [5, 5.41) is 5.91. The number of carbonyl (C=O) groups excluding carboxylic acids is 1. The van der Waals surface area contributed by atoms with Crippen molar-refractivity contribution in [3.05, 3.63) is 48.3 Å². The highest BCUT2D eigenvalue weighted by atomic mass is 16.5.